The Labute approximate surface area is 377 Å². The Morgan fingerprint density at radius 1 is 0.375 bits per heavy atom. The van der Waals surface area contributed by atoms with Gasteiger partial charge in [-0.05, 0) is 187 Å². The molecular weight excluding hydrogens is 771 g/mol. The molecule has 9 aromatic carbocycles. The fourth-order valence-corrected chi connectivity index (χ4v) is 14.6. The molecule has 1 heteroatoms. The maximum Gasteiger partial charge on any atom is 0.0465 e. The Morgan fingerprint density at radius 3 is 1.67 bits per heavy atom. The van der Waals surface area contributed by atoms with E-state index < -0.39 is 0 Å². The maximum atomic E-state index is 2.64. The van der Waals surface area contributed by atoms with E-state index in [1.165, 1.54) is 126 Å². The first-order chi connectivity index (χ1) is 31.4. The van der Waals surface area contributed by atoms with E-state index in [0.717, 1.165) is 23.7 Å². The fourth-order valence-electron chi connectivity index (χ4n) is 14.6. The molecule has 4 bridgehead atoms. The molecule has 0 saturated heterocycles. The van der Waals surface area contributed by atoms with Gasteiger partial charge < -0.3 is 4.90 Å². The van der Waals surface area contributed by atoms with Gasteiger partial charge in [-0.25, -0.2) is 0 Å². The summed E-state index contributed by atoms with van der Waals surface area (Å²) < 4.78 is 0. The third-order valence-electron chi connectivity index (χ3n) is 17.0. The van der Waals surface area contributed by atoms with Gasteiger partial charge in [0, 0.05) is 27.9 Å². The van der Waals surface area contributed by atoms with Gasteiger partial charge in [-0.2, -0.15) is 0 Å². The Kier molecular flexibility index (Phi) is 7.70. The highest BCUT2D eigenvalue weighted by Gasteiger charge is 2.61. The summed E-state index contributed by atoms with van der Waals surface area (Å²) in [6.45, 7) is 4.78. The zero-order chi connectivity index (χ0) is 42.3. The van der Waals surface area contributed by atoms with E-state index in [0.29, 0.717) is 0 Å². The summed E-state index contributed by atoms with van der Waals surface area (Å²) in [4.78, 5) is 2.53. The molecule has 15 rings (SSSR count). The van der Waals surface area contributed by atoms with Crippen LogP contribution in [0.5, 0.6) is 0 Å². The predicted molar refractivity (Wildman–Crippen MR) is 268 cm³/mol. The molecule has 9 aromatic rings. The highest BCUT2D eigenvalue weighted by molar-refractivity contribution is 6.08. The predicted octanol–water partition coefficient (Wildman–Crippen LogP) is 16.8. The van der Waals surface area contributed by atoms with Crippen molar-refractivity contribution >= 4 is 38.6 Å². The lowest BCUT2D eigenvalue weighted by molar-refractivity contribution is -0.0399. The van der Waals surface area contributed by atoms with Crippen molar-refractivity contribution in [3.63, 3.8) is 0 Å². The van der Waals surface area contributed by atoms with Crippen molar-refractivity contribution in [3.05, 3.63) is 210 Å². The third-order valence-corrected chi connectivity index (χ3v) is 17.0. The summed E-state index contributed by atoms with van der Waals surface area (Å²) in [6.07, 6.45) is 6.99. The van der Waals surface area contributed by atoms with Gasteiger partial charge in [0.15, 0.2) is 0 Å². The molecule has 6 aliphatic carbocycles. The number of hydrogen-bond donors (Lipinski definition) is 0. The number of nitrogens with zero attached hydrogens (tertiary/aromatic N) is 1. The van der Waals surface area contributed by atoms with E-state index >= 15 is 0 Å². The van der Waals surface area contributed by atoms with E-state index in [1.807, 2.05) is 0 Å². The second kappa shape index (κ2) is 13.4. The molecule has 1 spiro atoms. The van der Waals surface area contributed by atoms with Crippen molar-refractivity contribution in [3.8, 4) is 44.5 Å². The molecule has 0 aliphatic heterocycles. The van der Waals surface area contributed by atoms with Crippen molar-refractivity contribution in [2.45, 2.75) is 56.8 Å². The fraction of sp³-hybridized carbons (Fsp3) is 0.206. The van der Waals surface area contributed by atoms with Gasteiger partial charge in [0.25, 0.3) is 0 Å². The van der Waals surface area contributed by atoms with Crippen molar-refractivity contribution in [1.82, 2.24) is 0 Å². The van der Waals surface area contributed by atoms with Crippen molar-refractivity contribution in [2.75, 3.05) is 4.90 Å². The summed E-state index contributed by atoms with van der Waals surface area (Å²) >= 11 is 0. The molecule has 0 radical (unpaired) electrons. The van der Waals surface area contributed by atoms with Gasteiger partial charge in [0.05, 0.1) is 0 Å². The zero-order valence-corrected chi connectivity index (χ0v) is 36.7. The van der Waals surface area contributed by atoms with Gasteiger partial charge in [-0.15, -0.1) is 0 Å². The second-order valence-electron chi connectivity index (χ2n) is 20.5. The standard InChI is InChI=1S/C63H51N/c1-62(2)58-16-7-5-13-55(58)57-15-9-14-53(61(57)62)43-22-27-49(28-23-43)64(48-25-20-41(21-26-48)44-24-30-52-45(37-44)19-18-42-10-3-4-11-51(42)52)50-29-31-56-54-12-6-8-17-59(54)63(60(56)38-50)46-33-39-32-40(35-46)36-47(63)34-39/h3-31,37-40,46-47H,32-36H2,1-2H3. The van der Waals surface area contributed by atoms with Crippen molar-refractivity contribution in [2.24, 2.45) is 23.7 Å². The minimum absolute atomic E-state index is 0.0797. The first-order valence-corrected chi connectivity index (χ1v) is 23.8. The highest BCUT2D eigenvalue weighted by atomic mass is 15.1. The molecule has 4 fully saturated rings. The van der Waals surface area contributed by atoms with Gasteiger partial charge in [-0.3, -0.25) is 0 Å². The topological polar surface area (TPSA) is 3.24 Å². The minimum Gasteiger partial charge on any atom is -0.310 e. The van der Waals surface area contributed by atoms with E-state index in [9.17, 15) is 0 Å². The van der Waals surface area contributed by atoms with E-state index in [2.05, 4.69) is 207 Å². The minimum atomic E-state index is -0.0797. The largest absolute Gasteiger partial charge is 0.310 e. The van der Waals surface area contributed by atoms with Crippen LogP contribution in [-0.2, 0) is 10.8 Å². The normalized spacial score (nSPS) is 22.7. The van der Waals surface area contributed by atoms with Crippen molar-refractivity contribution in [1.29, 1.82) is 0 Å². The van der Waals surface area contributed by atoms with E-state index in [1.54, 1.807) is 11.1 Å². The van der Waals surface area contributed by atoms with Crippen LogP contribution in [0.25, 0.3) is 66.1 Å². The van der Waals surface area contributed by atoms with Gasteiger partial charge in [0.2, 0.25) is 0 Å². The third kappa shape index (κ3) is 5.07. The summed E-state index contributed by atoms with van der Waals surface area (Å²) in [6, 6.07) is 71.9. The SMILES string of the molecule is CC1(C)c2ccccc2-c2cccc(-c3ccc(N(c4ccc(-c5ccc6c(ccc7ccccc76)c5)cc4)c4ccc5c(c4)C4(c6ccccc6-5)C5CC6CC(C5)CC4C6)cc3)c21. The lowest BCUT2D eigenvalue weighted by Crippen LogP contribution is -2.55. The average molecular weight is 822 g/mol. The summed E-state index contributed by atoms with van der Waals surface area (Å²) in [5.41, 5.74) is 20.4. The van der Waals surface area contributed by atoms with Crippen LogP contribution in [0.4, 0.5) is 17.1 Å². The van der Waals surface area contributed by atoms with Gasteiger partial charge in [-0.1, -0.05) is 159 Å². The summed E-state index contributed by atoms with van der Waals surface area (Å²) in [7, 11) is 0. The average Bonchev–Trinajstić information content (AvgIpc) is 3.76. The zero-order valence-electron chi connectivity index (χ0n) is 36.7. The number of fused-ring (bicyclic) bond motifs is 9. The Balaban J connectivity index is 0.901. The van der Waals surface area contributed by atoms with Crippen LogP contribution in [0.2, 0.25) is 0 Å². The Morgan fingerprint density at radius 2 is 0.922 bits per heavy atom. The monoisotopic (exact) mass is 821 g/mol. The molecule has 0 amide bonds. The van der Waals surface area contributed by atoms with Crippen LogP contribution in [0.1, 0.15) is 68.2 Å². The number of rotatable bonds is 5. The van der Waals surface area contributed by atoms with Gasteiger partial charge in [0.1, 0.15) is 0 Å². The molecular formula is C63H51N. The summed E-state index contributed by atoms with van der Waals surface area (Å²) in [5, 5.41) is 5.17. The van der Waals surface area contributed by atoms with Crippen LogP contribution in [0.15, 0.2) is 188 Å². The quantitative estimate of drug-likeness (QED) is 0.156. The molecule has 1 nitrogen and oxygen atoms in total. The van der Waals surface area contributed by atoms with Crippen LogP contribution >= 0.6 is 0 Å². The second-order valence-corrected chi connectivity index (χ2v) is 20.5. The Bertz CT molecular complexity index is 3340. The maximum absolute atomic E-state index is 2.64. The smallest absolute Gasteiger partial charge is 0.0465 e. The number of anilines is 3. The highest BCUT2D eigenvalue weighted by Crippen LogP contribution is 2.69. The molecule has 0 N–H and O–H groups in total. The molecule has 308 valence electrons. The molecule has 0 aromatic heterocycles. The van der Waals surface area contributed by atoms with Crippen LogP contribution in [-0.4, -0.2) is 0 Å². The Hall–Kier alpha value is -6.70. The number of hydrogen-bond acceptors (Lipinski definition) is 1. The summed E-state index contributed by atoms with van der Waals surface area (Å²) in [5.74, 6) is 3.26. The molecule has 0 unspecified atom stereocenters. The first kappa shape index (κ1) is 36.8. The molecule has 0 atom stereocenters. The molecule has 0 heterocycles. The van der Waals surface area contributed by atoms with Gasteiger partial charge >= 0.3 is 0 Å². The molecule has 4 saturated carbocycles. The lowest BCUT2D eigenvalue weighted by atomic mass is 9.43. The van der Waals surface area contributed by atoms with Crippen LogP contribution in [0, 0.1) is 23.7 Å². The molecule has 6 aliphatic rings. The lowest BCUT2D eigenvalue weighted by Gasteiger charge is -2.61. The van der Waals surface area contributed by atoms with Crippen molar-refractivity contribution < 1.29 is 0 Å². The van der Waals surface area contributed by atoms with Crippen LogP contribution < -0.4 is 4.90 Å². The molecule has 64 heavy (non-hydrogen) atoms. The van der Waals surface area contributed by atoms with E-state index in [4.69, 9.17) is 0 Å². The first-order valence-electron chi connectivity index (χ1n) is 23.8. The van der Waals surface area contributed by atoms with E-state index in [-0.39, 0.29) is 10.8 Å². The number of benzene rings is 9. The van der Waals surface area contributed by atoms with Crippen LogP contribution in [0.3, 0.4) is 0 Å².